The molecule has 1 aliphatic rings. The van der Waals surface area contributed by atoms with Gasteiger partial charge in [-0.3, -0.25) is 9.58 Å². The van der Waals surface area contributed by atoms with Gasteiger partial charge in [0.25, 0.3) is 0 Å². The number of hydrogen-bond donors (Lipinski definition) is 1. The first-order valence-corrected chi connectivity index (χ1v) is 8.09. The van der Waals surface area contributed by atoms with Crippen molar-refractivity contribution in [1.29, 1.82) is 0 Å². The van der Waals surface area contributed by atoms with Gasteiger partial charge in [0.05, 0.1) is 18.8 Å². The molecule has 1 aromatic rings. The Bertz CT molecular complexity index is 433. The van der Waals surface area contributed by atoms with Crippen molar-refractivity contribution in [1.82, 2.24) is 14.7 Å². The molecule has 0 amide bonds. The zero-order valence-corrected chi connectivity index (χ0v) is 13.2. The quantitative estimate of drug-likeness (QED) is 0.915. The minimum absolute atomic E-state index is 0.148. The van der Waals surface area contributed by atoms with Crippen LogP contribution in [0.15, 0.2) is 0 Å². The molecule has 19 heavy (non-hydrogen) atoms. The van der Waals surface area contributed by atoms with Gasteiger partial charge in [-0.2, -0.15) is 16.9 Å². The number of nitrogens with zero attached hydrogens (tertiary/aromatic N) is 3. The Hall–Kier alpha value is -0.520. The topological polar surface area (TPSA) is 41.3 Å². The lowest BCUT2D eigenvalue weighted by Crippen LogP contribution is -2.44. The third-order valence-corrected chi connectivity index (χ3v) is 5.56. The molecule has 1 N–H and O–H groups in total. The van der Waals surface area contributed by atoms with Crippen LogP contribution in [-0.4, -0.2) is 50.0 Å². The maximum absolute atomic E-state index is 9.07. The summed E-state index contributed by atoms with van der Waals surface area (Å²) in [5.41, 5.74) is 3.63. The normalized spacial score (nSPS) is 24.9. The summed E-state index contributed by atoms with van der Waals surface area (Å²) in [7, 11) is 0. The molecule has 2 heterocycles. The standard InChI is InChI=1S/C14H25N3OS/c1-10-14(12(3)17(15-10)5-7-18)9-16-6-8-19-13(4)11(16)2/h11,13,18H,5-9H2,1-4H3. The van der Waals surface area contributed by atoms with E-state index in [1.165, 1.54) is 17.0 Å². The van der Waals surface area contributed by atoms with E-state index in [0.717, 1.165) is 18.8 Å². The number of thioether (sulfide) groups is 1. The van der Waals surface area contributed by atoms with E-state index >= 15 is 0 Å². The van der Waals surface area contributed by atoms with E-state index in [9.17, 15) is 0 Å². The predicted octanol–water partition coefficient (Wildman–Crippen LogP) is 1.82. The summed E-state index contributed by atoms with van der Waals surface area (Å²) in [6.45, 7) is 11.7. The second-order valence-corrected chi connectivity index (χ2v) is 6.87. The zero-order chi connectivity index (χ0) is 14.0. The monoisotopic (exact) mass is 283 g/mol. The fourth-order valence-electron chi connectivity index (χ4n) is 2.70. The number of aliphatic hydroxyl groups is 1. The molecule has 5 heteroatoms. The lowest BCUT2D eigenvalue weighted by Gasteiger charge is -2.37. The molecule has 0 saturated carbocycles. The van der Waals surface area contributed by atoms with Crippen LogP contribution >= 0.6 is 11.8 Å². The summed E-state index contributed by atoms with van der Waals surface area (Å²) in [5.74, 6) is 1.22. The van der Waals surface area contributed by atoms with Crippen molar-refractivity contribution >= 4 is 11.8 Å². The molecule has 108 valence electrons. The van der Waals surface area contributed by atoms with Gasteiger partial charge in [0.2, 0.25) is 0 Å². The lowest BCUT2D eigenvalue weighted by atomic mass is 10.1. The van der Waals surface area contributed by atoms with E-state index in [1.54, 1.807) is 0 Å². The molecule has 2 atom stereocenters. The molecule has 0 spiro atoms. The van der Waals surface area contributed by atoms with Gasteiger partial charge in [-0.1, -0.05) is 6.92 Å². The first kappa shape index (κ1) is 14.9. The second-order valence-electron chi connectivity index (χ2n) is 5.38. The van der Waals surface area contributed by atoms with Gasteiger partial charge in [-0.15, -0.1) is 0 Å². The van der Waals surface area contributed by atoms with E-state index in [0.29, 0.717) is 17.8 Å². The zero-order valence-electron chi connectivity index (χ0n) is 12.4. The molecule has 1 fully saturated rings. The van der Waals surface area contributed by atoms with Crippen LogP contribution < -0.4 is 0 Å². The summed E-state index contributed by atoms with van der Waals surface area (Å²) in [6.07, 6.45) is 0. The van der Waals surface area contributed by atoms with E-state index < -0.39 is 0 Å². The third kappa shape index (κ3) is 3.15. The van der Waals surface area contributed by atoms with Crippen molar-refractivity contribution in [2.45, 2.75) is 52.1 Å². The maximum Gasteiger partial charge on any atom is 0.0644 e. The Morgan fingerprint density at radius 3 is 2.79 bits per heavy atom. The molecular weight excluding hydrogens is 258 g/mol. The Balaban J connectivity index is 2.14. The number of aryl methyl sites for hydroxylation is 1. The predicted molar refractivity (Wildman–Crippen MR) is 80.6 cm³/mol. The van der Waals surface area contributed by atoms with Gasteiger partial charge < -0.3 is 5.11 Å². The number of hydrogen-bond acceptors (Lipinski definition) is 4. The molecule has 1 saturated heterocycles. The van der Waals surface area contributed by atoms with E-state index in [4.69, 9.17) is 5.11 Å². The molecule has 2 unspecified atom stereocenters. The maximum atomic E-state index is 9.07. The van der Waals surface area contributed by atoms with Crippen molar-refractivity contribution in [3.05, 3.63) is 17.0 Å². The average Bonchev–Trinajstić information content (AvgIpc) is 2.63. The van der Waals surface area contributed by atoms with Crippen LogP contribution in [0.5, 0.6) is 0 Å². The highest BCUT2D eigenvalue weighted by Crippen LogP contribution is 2.27. The summed E-state index contributed by atoms with van der Waals surface area (Å²) >= 11 is 2.07. The van der Waals surface area contributed by atoms with Crippen molar-refractivity contribution in [3.8, 4) is 0 Å². The fraction of sp³-hybridized carbons (Fsp3) is 0.786. The minimum Gasteiger partial charge on any atom is -0.394 e. The van der Waals surface area contributed by atoms with Crippen LogP contribution in [-0.2, 0) is 13.1 Å². The largest absolute Gasteiger partial charge is 0.394 e. The van der Waals surface area contributed by atoms with Crippen LogP contribution in [0.4, 0.5) is 0 Å². The number of aliphatic hydroxyl groups excluding tert-OH is 1. The van der Waals surface area contributed by atoms with Gasteiger partial charge in [0.1, 0.15) is 0 Å². The van der Waals surface area contributed by atoms with Crippen LogP contribution in [0.25, 0.3) is 0 Å². The van der Waals surface area contributed by atoms with Crippen molar-refractivity contribution in [3.63, 3.8) is 0 Å². The molecule has 0 radical (unpaired) electrons. The fourth-order valence-corrected chi connectivity index (χ4v) is 3.86. The minimum atomic E-state index is 0.148. The van der Waals surface area contributed by atoms with Gasteiger partial charge in [0.15, 0.2) is 0 Å². The van der Waals surface area contributed by atoms with Gasteiger partial charge in [0, 0.05) is 41.4 Å². The summed E-state index contributed by atoms with van der Waals surface area (Å²) in [4.78, 5) is 2.56. The van der Waals surface area contributed by atoms with Crippen molar-refractivity contribution in [2.24, 2.45) is 0 Å². The van der Waals surface area contributed by atoms with Gasteiger partial charge >= 0.3 is 0 Å². The highest BCUT2D eigenvalue weighted by molar-refractivity contribution is 8.00. The first-order valence-electron chi connectivity index (χ1n) is 7.04. The van der Waals surface area contributed by atoms with E-state index in [1.807, 2.05) is 4.68 Å². The Morgan fingerprint density at radius 1 is 1.37 bits per heavy atom. The van der Waals surface area contributed by atoms with E-state index in [2.05, 4.69) is 49.5 Å². The lowest BCUT2D eigenvalue weighted by molar-refractivity contribution is 0.203. The smallest absolute Gasteiger partial charge is 0.0644 e. The average molecular weight is 283 g/mol. The second kappa shape index (κ2) is 6.29. The van der Waals surface area contributed by atoms with Crippen molar-refractivity contribution < 1.29 is 5.11 Å². The van der Waals surface area contributed by atoms with Crippen LogP contribution in [0.3, 0.4) is 0 Å². The molecule has 0 aliphatic carbocycles. The number of aromatic nitrogens is 2. The van der Waals surface area contributed by atoms with Crippen molar-refractivity contribution in [2.75, 3.05) is 18.9 Å². The summed E-state index contributed by atoms with van der Waals surface area (Å²) in [5, 5.41) is 14.3. The Labute approximate surface area is 120 Å². The number of rotatable bonds is 4. The Kier molecular flexibility index (Phi) is 4.92. The van der Waals surface area contributed by atoms with E-state index in [-0.39, 0.29) is 6.61 Å². The molecule has 1 aromatic heterocycles. The van der Waals surface area contributed by atoms with Gasteiger partial charge in [-0.25, -0.2) is 0 Å². The molecular formula is C14H25N3OS. The summed E-state index contributed by atoms with van der Waals surface area (Å²) in [6, 6.07) is 0.610. The highest BCUT2D eigenvalue weighted by atomic mass is 32.2. The van der Waals surface area contributed by atoms with Crippen LogP contribution in [0.1, 0.15) is 30.8 Å². The first-order chi connectivity index (χ1) is 9.04. The van der Waals surface area contributed by atoms with Crippen LogP contribution in [0, 0.1) is 13.8 Å². The molecule has 1 aliphatic heterocycles. The Morgan fingerprint density at radius 2 is 2.11 bits per heavy atom. The molecule has 2 rings (SSSR count). The third-order valence-electron chi connectivity index (χ3n) is 4.22. The SMILES string of the molecule is Cc1nn(CCO)c(C)c1CN1CCSC(C)C1C. The molecule has 4 nitrogen and oxygen atoms in total. The van der Waals surface area contributed by atoms with Gasteiger partial charge in [-0.05, 0) is 20.8 Å². The molecule has 0 bridgehead atoms. The summed E-state index contributed by atoms with van der Waals surface area (Å²) < 4.78 is 1.93. The highest BCUT2D eigenvalue weighted by Gasteiger charge is 2.26. The molecule has 0 aromatic carbocycles. The van der Waals surface area contributed by atoms with Crippen LogP contribution in [0.2, 0.25) is 0 Å².